The molecule has 0 amide bonds. The highest BCUT2D eigenvalue weighted by molar-refractivity contribution is 9.10. The highest BCUT2D eigenvalue weighted by atomic mass is 79.9. The Morgan fingerprint density at radius 1 is 1.50 bits per heavy atom. The van der Waals surface area contributed by atoms with Gasteiger partial charge in [0.15, 0.2) is 5.75 Å². The Hall–Kier alpha value is -1.37. The average molecular weight is 339 g/mol. The van der Waals surface area contributed by atoms with Crippen molar-refractivity contribution >= 4 is 15.9 Å². The molecule has 3 N–H and O–H groups in total. The number of hydrazine groups is 1. The van der Waals surface area contributed by atoms with Gasteiger partial charge in [-0.05, 0) is 24.1 Å². The van der Waals surface area contributed by atoms with Crippen molar-refractivity contribution in [2.75, 3.05) is 7.11 Å². The number of hydrogen-bond donors (Lipinski definition) is 2. The Morgan fingerprint density at radius 2 is 2.30 bits per heavy atom. The molecule has 5 nitrogen and oxygen atoms in total. The number of aromatic nitrogens is 2. The summed E-state index contributed by atoms with van der Waals surface area (Å²) in [6.45, 7) is 2.94. The van der Waals surface area contributed by atoms with E-state index in [0.29, 0.717) is 0 Å². The number of hydrogen-bond acceptors (Lipinski definition) is 4. The standard InChI is InChI=1S/C14H19BrN4O/c1-3-7-19-14(12(20-2)9-17-19)13(18-16)10-5-4-6-11(15)8-10/h4-6,8-9,13,18H,3,7,16H2,1-2H3. The molecule has 20 heavy (non-hydrogen) atoms. The number of nitrogens with zero attached hydrogens (tertiary/aromatic N) is 2. The second kappa shape index (κ2) is 6.88. The van der Waals surface area contributed by atoms with E-state index in [2.05, 4.69) is 33.4 Å². The number of rotatable bonds is 6. The maximum Gasteiger partial charge on any atom is 0.161 e. The molecule has 1 unspecified atom stereocenters. The fourth-order valence-electron chi connectivity index (χ4n) is 2.24. The van der Waals surface area contributed by atoms with Gasteiger partial charge in [0.1, 0.15) is 5.69 Å². The Morgan fingerprint density at radius 3 is 2.90 bits per heavy atom. The third kappa shape index (κ3) is 3.03. The van der Waals surface area contributed by atoms with Gasteiger partial charge >= 0.3 is 0 Å². The van der Waals surface area contributed by atoms with E-state index in [1.54, 1.807) is 13.3 Å². The molecule has 6 heteroatoms. The topological polar surface area (TPSA) is 65.1 Å². The summed E-state index contributed by atoms with van der Waals surface area (Å²) >= 11 is 3.49. The zero-order valence-electron chi connectivity index (χ0n) is 11.6. The molecule has 0 radical (unpaired) electrons. The molecule has 0 spiro atoms. The molecule has 0 saturated heterocycles. The summed E-state index contributed by atoms with van der Waals surface area (Å²) in [5.74, 6) is 6.51. The first kappa shape index (κ1) is 15.0. The van der Waals surface area contributed by atoms with Gasteiger partial charge in [-0.3, -0.25) is 10.5 Å². The molecule has 0 saturated carbocycles. The van der Waals surface area contributed by atoms with Crippen LogP contribution in [0.15, 0.2) is 34.9 Å². The molecule has 0 bridgehead atoms. The highest BCUT2D eigenvalue weighted by Gasteiger charge is 2.22. The summed E-state index contributed by atoms with van der Waals surface area (Å²) in [5, 5.41) is 4.38. The van der Waals surface area contributed by atoms with Crippen LogP contribution in [0.3, 0.4) is 0 Å². The molecule has 1 aromatic carbocycles. The Labute approximate surface area is 127 Å². The Bertz CT molecular complexity index is 570. The molecule has 1 aromatic heterocycles. The molecular formula is C14H19BrN4O. The molecule has 0 aliphatic heterocycles. The summed E-state index contributed by atoms with van der Waals surface area (Å²) in [6.07, 6.45) is 2.72. The number of halogens is 1. The van der Waals surface area contributed by atoms with Crippen LogP contribution in [0.1, 0.15) is 30.6 Å². The van der Waals surface area contributed by atoms with Crippen LogP contribution in [0.5, 0.6) is 5.75 Å². The van der Waals surface area contributed by atoms with Crippen molar-refractivity contribution in [2.24, 2.45) is 5.84 Å². The largest absolute Gasteiger partial charge is 0.493 e. The first-order chi connectivity index (χ1) is 9.71. The summed E-state index contributed by atoms with van der Waals surface area (Å²) in [6, 6.07) is 7.86. The lowest BCUT2D eigenvalue weighted by Gasteiger charge is -2.19. The number of nitrogens with one attached hydrogen (secondary N) is 1. The van der Waals surface area contributed by atoms with Crippen LogP contribution in [0.4, 0.5) is 0 Å². The molecule has 1 heterocycles. The third-order valence-electron chi connectivity index (χ3n) is 3.12. The fraction of sp³-hybridized carbons (Fsp3) is 0.357. The average Bonchev–Trinajstić information content (AvgIpc) is 2.84. The minimum absolute atomic E-state index is 0.170. The van der Waals surface area contributed by atoms with Crippen LogP contribution in [-0.4, -0.2) is 16.9 Å². The van der Waals surface area contributed by atoms with Crippen molar-refractivity contribution in [3.63, 3.8) is 0 Å². The highest BCUT2D eigenvalue weighted by Crippen LogP contribution is 2.30. The summed E-state index contributed by atoms with van der Waals surface area (Å²) in [4.78, 5) is 0. The monoisotopic (exact) mass is 338 g/mol. The number of nitrogens with two attached hydrogens (primary N) is 1. The zero-order chi connectivity index (χ0) is 14.5. The Kier molecular flexibility index (Phi) is 5.17. The van der Waals surface area contributed by atoms with E-state index in [1.165, 1.54) is 0 Å². The Balaban J connectivity index is 2.48. The van der Waals surface area contributed by atoms with Crippen LogP contribution in [-0.2, 0) is 6.54 Å². The first-order valence-corrected chi connectivity index (χ1v) is 7.31. The van der Waals surface area contributed by atoms with Crippen LogP contribution in [0.25, 0.3) is 0 Å². The van der Waals surface area contributed by atoms with Crippen molar-refractivity contribution in [3.05, 3.63) is 46.2 Å². The van der Waals surface area contributed by atoms with Gasteiger partial charge in [-0.25, -0.2) is 5.43 Å². The number of aryl methyl sites for hydroxylation is 1. The lowest BCUT2D eigenvalue weighted by molar-refractivity contribution is 0.398. The number of methoxy groups -OCH3 is 1. The van der Waals surface area contributed by atoms with Gasteiger partial charge in [0.05, 0.1) is 19.3 Å². The summed E-state index contributed by atoms with van der Waals surface area (Å²) in [5.41, 5.74) is 4.85. The van der Waals surface area contributed by atoms with E-state index in [4.69, 9.17) is 10.6 Å². The van der Waals surface area contributed by atoms with E-state index < -0.39 is 0 Å². The normalized spacial score (nSPS) is 12.4. The smallest absolute Gasteiger partial charge is 0.161 e. The lowest BCUT2D eigenvalue weighted by Crippen LogP contribution is -2.31. The van der Waals surface area contributed by atoms with Gasteiger partial charge < -0.3 is 4.74 Å². The predicted octanol–water partition coefficient (Wildman–Crippen LogP) is 2.62. The predicted molar refractivity (Wildman–Crippen MR) is 82.4 cm³/mol. The number of ether oxygens (including phenoxy) is 1. The van der Waals surface area contributed by atoms with E-state index in [-0.39, 0.29) is 6.04 Å². The van der Waals surface area contributed by atoms with Gasteiger partial charge in [0, 0.05) is 11.0 Å². The van der Waals surface area contributed by atoms with E-state index >= 15 is 0 Å². The van der Waals surface area contributed by atoms with Gasteiger partial charge in [-0.15, -0.1) is 0 Å². The van der Waals surface area contributed by atoms with E-state index in [0.717, 1.165) is 34.4 Å². The second-order valence-electron chi connectivity index (χ2n) is 4.48. The van der Waals surface area contributed by atoms with Gasteiger partial charge in [0.2, 0.25) is 0 Å². The number of benzene rings is 1. The minimum atomic E-state index is -0.170. The van der Waals surface area contributed by atoms with Crippen LogP contribution in [0, 0.1) is 0 Å². The zero-order valence-corrected chi connectivity index (χ0v) is 13.2. The molecule has 1 atom stereocenters. The van der Waals surface area contributed by atoms with Crippen molar-refractivity contribution in [3.8, 4) is 5.75 Å². The van der Waals surface area contributed by atoms with Gasteiger partial charge in [0.25, 0.3) is 0 Å². The van der Waals surface area contributed by atoms with Crippen molar-refractivity contribution < 1.29 is 4.74 Å². The van der Waals surface area contributed by atoms with Gasteiger partial charge in [-0.1, -0.05) is 35.0 Å². The van der Waals surface area contributed by atoms with Crippen LogP contribution in [0.2, 0.25) is 0 Å². The fourth-order valence-corrected chi connectivity index (χ4v) is 2.65. The second-order valence-corrected chi connectivity index (χ2v) is 5.39. The molecule has 0 fully saturated rings. The molecular weight excluding hydrogens is 320 g/mol. The van der Waals surface area contributed by atoms with E-state index in [1.807, 2.05) is 28.9 Å². The first-order valence-electron chi connectivity index (χ1n) is 6.52. The molecule has 0 aliphatic carbocycles. The third-order valence-corrected chi connectivity index (χ3v) is 3.62. The minimum Gasteiger partial charge on any atom is -0.493 e. The SMILES string of the molecule is CCCn1ncc(OC)c1C(NN)c1cccc(Br)c1. The van der Waals surface area contributed by atoms with Crippen LogP contribution >= 0.6 is 15.9 Å². The van der Waals surface area contributed by atoms with Crippen molar-refractivity contribution in [2.45, 2.75) is 25.9 Å². The molecule has 0 aliphatic rings. The quantitative estimate of drug-likeness (QED) is 0.627. The van der Waals surface area contributed by atoms with Gasteiger partial charge in [-0.2, -0.15) is 5.10 Å². The van der Waals surface area contributed by atoms with E-state index in [9.17, 15) is 0 Å². The molecule has 2 aromatic rings. The summed E-state index contributed by atoms with van der Waals surface area (Å²) < 4.78 is 8.36. The molecule has 2 rings (SSSR count). The van der Waals surface area contributed by atoms with Crippen LogP contribution < -0.4 is 16.0 Å². The van der Waals surface area contributed by atoms with Crippen molar-refractivity contribution in [1.29, 1.82) is 0 Å². The van der Waals surface area contributed by atoms with Crippen molar-refractivity contribution in [1.82, 2.24) is 15.2 Å². The maximum atomic E-state index is 5.77. The molecule has 108 valence electrons. The lowest BCUT2D eigenvalue weighted by atomic mass is 10.0. The maximum absolute atomic E-state index is 5.77. The summed E-state index contributed by atoms with van der Waals surface area (Å²) in [7, 11) is 1.64.